The highest BCUT2D eigenvalue weighted by atomic mass is 16.3. The third-order valence-corrected chi connectivity index (χ3v) is 4.53. The fraction of sp³-hybridized carbons (Fsp3) is 0.182. The Hall–Kier alpha value is -3.54. The van der Waals surface area contributed by atoms with Gasteiger partial charge in [0.25, 0.3) is 0 Å². The number of aliphatic imine (C=N–C) groups is 1. The number of rotatable bonds is 5. The van der Waals surface area contributed by atoms with Gasteiger partial charge in [0.15, 0.2) is 0 Å². The van der Waals surface area contributed by atoms with Crippen LogP contribution >= 0.6 is 0 Å². The van der Waals surface area contributed by atoms with E-state index in [1.54, 1.807) is 31.2 Å². The summed E-state index contributed by atoms with van der Waals surface area (Å²) >= 11 is 0. The number of nitrogens with zero attached hydrogens (tertiary/aromatic N) is 1. The zero-order chi connectivity index (χ0) is 20.3. The van der Waals surface area contributed by atoms with Crippen LogP contribution in [-0.2, 0) is 4.79 Å². The highest BCUT2D eigenvalue weighted by Crippen LogP contribution is 2.31. The lowest BCUT2D eigenvalue weighted by Crippen LogP contribution is -2.27. The van der Waals surface area contributed by atoms with Crippen LogP contribution in [0.5, 0.6) is 11.5 Å². The minimum atomic E-state index is -0.269. The smallest absolute Gasteiger partial charge is 0.209 e. The zero-order valence-electron chi connectivity index (χ0n) is 15.7. The second kappa shape index (κ2) is 8.00. The number of hydrogen-bond acceptors (Lipinski definition) is 6. The lowest BCUT2D eigenvalue weighted by Gasteiger charge is -2.24. The van der Waals surface area contributed by atoms with Crippen LogP contribution in [0, 0.1) is 0 Å². The molecule has 0 bridgehead atoms. The summed E-state index contributed by atoms with van der Waals surface area (Å²) in [6.45, 7) is 3.69. The first-order valence-corrected chi connectivity index (χ1v) is 9.09. The number of carbonyl (C=O) groups excluding carboxylic acids is 1. The van der Waals surface area contributed by atoms with Gasteiger partial charge in [-0.15, -0.1) is 0 Å². The Bertz CT molecular complexity index is 984. The van der Waals surface area contributed by atoms with Crippen LogP contribution in [0.25, 0.3) is 0 Å². The molecule has 1 aliphatic carbocycles. The number of anilines is 1. The summed E-state index contributed by atoms with van der Waals surface area (Å²) in [6, 6.07) is 12.7. The van der Waals surface area contributed by atoms with E-state index in [0.717, 1.165) is 0 Å². The molecule has 0 aliphatic heterocycles. The molecule has 0 saturated heterocycles. The fourth-order valence-electron chi connectivity index (χ4n) is 3.07. The molecular formula is C22H22N2O4. The first-order chi connectivity index (χ1) is 13.4. The van der Waals surface area contributed by atoms with Crippen molar-refractivity contribution in [3.8, 4) is 11.5 Å². The van der Waals surface area contributed by atoms with Crippen molar-refractivity contribution < 1.29 is 20.1 Å². The zero-order valence-corrected chi connectivity index (χ0v) is 15.7. The molecule has 144 valence electrons. The third-order valence-electron chi connectivity index (χ3n) is 4.53. The average molecular weight is 378 g/mol. The largest absolute Gasteiger partial charge is 0.508 e. The molecule has 2 aromatic carbocycles. The van der Waals surface area contributed by atoms with Gasteiger partial charge in [-0.2, -0.15) is 0 Å². The number of benzene rings is 2. The normalized spacial score (nSPS) is 16.1. The van der Waals surface area contributed by atoms with Gasteiger partial charge in [0, 0.05) is 16.8 Å². The molecule has 6 heteroatoms. The van der Waals surface area contributed by atoms with Gasteiger partial charge >= 0.3 is 0 Å². The highest BCUT2D eigenvalue weighted by molar-refractivity contribution is 6.27. The molecule has 0 radical (unpaired) electrons. The predicted molar refractivity (Wildman–Crippen MR) is 109 cm³/mol. The van der Waals surface area contributed by atoms with E-state index in [-0.39, 0.29) is 28.6 Å². The number of nitrogens with one attached hydrogen (secondary N) is 1. The van der Waals surface area contributed by atoms with Crippen molar-refractivity contribution in [1.29, 1.82) is 0 Å². The maximum atomic E-state index is 13.0. The van der Waals surface area contributed by atoms with Gasteiger partial charge in [-0.25, -0.2) is 4.99 Å². The van der Waals surface area contributed by atoms with E-state index >= 15 is 0 Å². The van der Waals surface area contributed by atoms with Gasteiger partial charge in [0.1, 0.15) is 23.0 Å². The van der Waals surface area contributed by atoms with Crippen LogP contribution in [0.15, 0.2) is 76.1 Å². The Morgan fingerprint density at radius 3 is 1.89 bits per heavy atom. The molecule has 0 saturated carbocycles. The van der Waals surface area contributed by atoms with E-state index < -0.39 is 0 Å². The Kier molecular flexibility index (Phi) is 5.49. The lowest BCUT2D eigenvalue weighted by molar-refractivity contribution is -0.112. The van der Waals surface area contributed by atoms with Gasteiger partial charge < -0.3 is 20.6 Å². The molecule has 2 aromatic rings. The average Bonchev–Trinajstić information content (AvgIpc) is 2.69. The van der Waals surface area contributed by atoms with Crippen molar-refractivity contribution in [2.45, 2.75) is 26.7 Å². The van der Waals surface area contributed by atoms with Gasteiger partial charge in [-0.3, -0.25) is 4.79 Å². The number of phenols is 2. The molecular weight excluding hydrogens is 356 g/mol. The van der Waals surface area contributed by atoms with Gasteiger partial charge in [-0.1, -0.05) is 13.8 Å². The van der Waals surface area contributed by atoms with Crippen LogP contribution in [0.1, 0.15) is 26.7 Å². The number of ketones is 1. The number of hydrogen-bond donors (Lipinski definition) is 4. The Morgan fingerprint density at radius 1 is 0.821 bits per heavy atom. The number of Topliss-reactive ketones (excluding diaryl/α,β-unsaturated/α-hetero) is 1. The molecule has 3 rings (SSSR count). The first-order valence-electron chi connectivity index (χ1n) is 9.09. The number of allylic oxidation sites excluding steroid dienone is 2. The van der Waals surface area contributed by atoms with E-state index in [1.807, 2.05) is 6.92 Å². The lowest BCUT2D eigenvalue weighted by atomic mass is 9.88. The van der Waals surface area contributed by atoms with Crippen LogP contribution in [0.4, 0.5) is 11.4 Å². The summed E-state index contributed by atoms with van der Waals surface area (Å²) in [4.78, 5) is 17.5. The molecule has 0 unspecified atom stereocenters. The molecule has 0 spiro atoms. The van der Waals surface area contributed by atoms with Crippen LogP contribution in [0.3, 0.4) is 0 Å². The number of aliphatic hydroxyl groups is 1. The van der Waals surface area contributed by atoms with Crippen molar-refractivity contribution in [3.63, 3.8) is 0 Å². The summed E-state index contributed by atoms with van der Waals surface area (Å²) in [5.74, 6) is -0.132. The predicted octanol–water partition coefficient (Wildman–Crippen LogP) is 4.75. The van der Waals surface area contributed by atoms with Crippen LogP contribution < -0.4 is 5.32 Å². The number of aromatic hydroxyl groups is 2. The van der Waals surface area contributed by atoms with Crippen molar-refractivity contribution in [1.82, 2.24) is 0 Å². The van der Waals surface area contributed by atoms with E-state index in [9.17, 15) is 20.1 Å². The number of carbonyl (C=O) groups is 1. The third kappa shape index (κ3) is 3.76. The Labute approximate surface area is 163 Å². The van der Waals surface area contributed by atoms with Crippen molar-refractivity contribution in [3.05, 3.63) is 71.1 Å². The summed E-state index contributed by atoms with van der Waals surface area (Å²) < 4.78 is 0. The molecule has 1 aliphatic rings. The molecule has 6 nitrogen and oxygen atoms in total. The van der Waals surface area contributed by atoms with Gasteiger partial charge in [0.05, 0.1) is 11.4 Å². The standard InChI is InChI=1S/C22H22N2O4/c1-3-17-19(23-13-5-9-15(25)10-6-13)21(27)18(4-2)22(28)20(17)24-14-7-11-16(26)12-8-14/h5-12,23,25-26,28H,3-4H2,1-2H3/b24-20+. The Balaban J connectivity index is 2.12. The second-order valence-electron chi connectivity index (χ2n) is 6.37. The van der Waals surface area contributed by atoms with E-state index in [4.69, 9.17) is 0 Å². The molecule has 0 aromatic heterocycles. The van der Waals surface area contributed by atoms with Gasteiger partial charge in [0.2, 0.25) is 5.78 Å². The molecule has 0 amide bonds. The minimum absolute atomic E-state index is 0.117. The summed E-state index contributed by atoms with van der Waals surface area (Å²) in [5.41, 5.74) is 2.79. The quantitative estimate of drug-likeness (QED) is 0.444. The van der Waals surface area contributed by atoms with Crippen LogP contribution in [-0.4, -0.2) is 26.8 Å². The van der Waals surface area contributed by atoms with E-state index in [1.165, 1.54) is 24.3 Å². The summed E-state index contributed by atoms with van der Waals surface area (Å²) in [5, 5.41) is 32.8. The minimum Gasteiger partial charge on any atom is -0.508 e. The van der Waals surface area contributed by atoms with Crippen LogP contribution in [0.2, 0.25) is 0 Å². The van der Waals surface area contributed by atoms with Crippen molar-refractivity contribution >= 4 is 22.9 Å². The SMILES string of the molecule is CCC1=C(O)/C(=N/c2ccc(O)cc2)C(CC)=C(Nc2ccc(O)cc2)C1=O. The number of aliphatic hydroxyl groups excluding tert-OH is 1. The molecule has 28 heavy (non-hydrogen) atoms. The maximum Gasteiger partial charge on any atom is 0.209 e. The highest BCUT2D eigenvalue weighted by Gasteiger charge is 2.31. The van der Waals surface area contributed by atoms with E-state index in [2.05, 4.69) is 10.3 Å². The Morgan fingerprint density at radius 2 is 1.36 bits per heavy atom. The topological polar surface area (TPSA) is 102 Å². The second-order valence-corrected chi connectivity index (χ2v) is 6.37. The first kappa shape index (κ1) is 19.2. The molecule has 0 heterocycles. The molecule has 0 fully saturated rings. The van der Waals surface area contributed by atoms with Gasteiger partial charge in [-0.05, 0) is 61.4 Å². The summed E-state index contributed by atoms with van der Waals surface area (Å²) in [6.07, 6.45) is 0.834. The maximum absolute atomic E-state index is 13.0. The fourth-order valence-corrected chi connectivity index (χ4v) is 3.07. The number of phenolic OH excluding ortho intramolecular Hbond substituents is 2. The van der Waals surface area contributed by atoms with Crippen molar-refractivity contribution in [2.75, 3.05) is 5.32 Å². The van der Waals surface area contributed by atoms with Crippen molar-refractivity contribution in [2.24, 2.45) is 4.99 Å². The van der Waals surface area contributed by atoms with E-state index in [0.29, 0.717) is 41.2 Å². The molecule has 0 atom stereocenters. The summed E-state index contributed by atoms with van der Waals surface area (Å²) in [7, 11) is 0. The monoisotopic (exact) mass is 378 g/mol. The molecule has 4 N–H and O–H groups in total.